The topological polar surface area (TPSA) is 91.8 Å². The van der Waals surface area contributed by atoms with Crippen molar-refractivity contribution in [1.29, 1.82) is 0 Å². The number of H-pyrrole nitrogens is 1. The summed E-state index contributed by atoms with van der Waals surface area (Å²) in [6.07, 6.45) is 6.83. The van der Waals surface area contributed by atoms with E-state index in [0.717, 1.165) is 18.5 Å². The van der Waals surface area contributed by atoms with Crippen molar-refractivity contribution in [3.05, 3.63) is 45.9 Å². The highest BCUT2D eigenvalue weighted by molar-refractivity contribution is 7.98. The maximum Gasteiger partial charge on any atom is 0.257 e. The van der Waals surface area contributed by atoms with E-state index in [1.807, 2.05) is 6.26 Å². The molecule has 126 valence electrons. The Morgan fingerprint density at radius 2 is 2.12 bits per heavy atom. The molecule has 8 heteroatoms. The van der Waals surface area contributed by atoms with Crippen LogP contribution in [0.1, 0.15) is 40.6 Å². The van der Waals surface area contributed by atoms with Crippen molar-refractivity contribution in [2.75, 3.05) is 19.3 Å². The average molecular weight is 345 g/mol. The number of nitrogens with one attached hydrogen (secondary N) is 1. The number of thioether (sulfide) groups is 1. The molecule has 3 rings (SSSR count). The Morgan fingerprint density at radius 3 is 2.79 bits per heavy atom. The predicted octanol–water partition coefficient (Wildman–Crippen LogP) is 1.61. The fourth-order valence-electron chi connectivity index (χ4n) is 2.93. The summed E-state index contributed by atoms with van der Waals surface area (Å²) in [6.45, 7) is 3.02. The van der Waals surface area contributed by atoms with Crippen LogP contribution in [0, 0.1) is 6.92 Å². The zero-order valence-corrected chi connectivity index (χ0v) is 14.5. The Balaban J connectivity index is 1.77. The van der Waals surface area contributed by atoms with Gasteiger partial charge in [-0.05, 0) is 26.0 Å². The number of likely N-dealkylation sites (tertiary alicyclic amines) is 1. The minimum Gasteiger partial charge on any atom is -0.338 e. The summed E-state index contributed by atoms with van der Waals surface area (Å²) in [7, 11) is 0. The van der Waals surface area contributed by atoms with Gasteiger partial charge in [0, 0.05) is 37.5 Å². The zero-order chi connectivity index (χ0) is 17.1. The molecule has 1 fully saturated rings. The van der Waals surface area contributed by atoms with Crippen LogP contribution in [0.2, 0.25) is 0 Å². The maximum atomic E-state index is 12.7. The summed E-state index contributed by atoms with van der Waals surface area (Å²) in [5.41, 5.74) is 1.09. The fourth-order valence-corrected chi connectivity index (χ4v) is 3.25. The Bertz CT molecular complexity index is 790. The number of amides is 1. The van der Waals surface area contributed by atoms with E-state index >= 15 is 0 Å². The lowest BCUT2D eigenvalue weighted by molar-refractivity contribution is 0.0704. The highest BCUT2D eigenvalue weighted by Gasteiger charge is 2.27. The van der Waals surface area contributed by atoms with E-state index in [-0.39, 0.29) is 17.4 Å². The quantitative estimate of drug-likeness (QED) is 0.671. The predicted molar refractivity (Wildman–Crippen MR) is 91.3 cm³/mol. The van der Waals surface area contributed by atoms with Gasteiger partial charge in [0.05, 0.1) is 11.3 Å². The first-order chi connectivity index (χ1) is 11.6. The van der Waals surface area contributed by atoms with Crippen LogP contribution in [-0.2, 0) is 0 Å². The molecule has 3 heterocycles. The number of aryl methyl sites for hydroxylation is 1. The number of hydrogen-bond donors (Lipinski definition) is 1. The van der Waals surface area contributed by atoms with Gasteiger partial charge in [-0.25, -0.2) is 15.0 Å². The Morgan fingerprint density at radius 1 is 1.38 bits per heavy atom. The molecule has 0 unspecified atom stereocenters. The highest BCUT2D eigenvalue weighted by Crippen LogP contribution is 2.26. The molecule has 1 amide bonds. The van der Waals surface area contributed by atoms with Crippen LogP contribution in [0.4, 0.5) is 0 Å². The zero-order valence-electron chi connectivity index (χ0n) is 13.7. The standard InChI is InChI=1S/C16H19N5O2S/c1-10-19-13(6-14(22)20-10)11-4-3-5-21(9-11)15(23)12-7-17-16(24-2)18-8-12/h6-8,11H,3-5,9H2,1-2H3,(H,19,20,22)/t11-/m0/s1. The monoisotopic (exact) mass is 345 g/mol. The van der Waals surface area contributed by atoms with Crippen molar-refractivity contribution in [3.63, 3.8) is 0 Å². The summed E-state index contributed by atoms with van der Waals surface area (Å²) in [5.74, 6) is 0.603. The third-order valence-corrected chi connectivity index (χ3v) is 4.64. The van der Waals surface area contributed by atoms with Gasteiger partial charge in [0.25, 0.3) is 11.5 Å². The molecular weight excluding hydrogens is 326 g/mol. The van der Waals surface area contributed by atoms with Crippen LogP contribution in [0.3, 0.4) is 0 Å². The second-order valence-corrected chi connectivity index (χ2v) is 6.58. The van der Waals surface area contributed by atoms with Crippen LogP contribution in [-0.4, -0.2) is 50.1 Å². The van der Waals surface area contributed by atoms with Gasteiger partial charge >= 0.3 is 0 Å². The largest absolute Gasteiger partial charge is 0.338 e. The number of carbonyl (C=O) groups is 1. The van der Waals surface area contributed by atoms with Gasteiger partial charge in [-0.15, -0.1) is 0 Å². The van der Waals surface area contributed by atoms with Crippen LogP contribution in [0.25, 0.3) is 0 Å². The van der Waals surface area contributed by atoms with Gasteiger partial charge in [0.2, 0.25) is 0 Å². The molecule has 0 aliphatic carbocycles. The van der Waals surface area contributed by atoms with E-state index in [1.165, 1.54) is 17.8 Å². The van der Waals surface area contributed by atoms with Gasteiger partial charge in [0.1, 0.15) is 5.82 Å². The van der Waals surface area contributed by atoms with Crippen LogP contribution in [0.5, 0.6) is 0 Å². The van der Waals surface area contributed by atoms with Crippen LogP contribution < -0.4 is 5.56 Å². The highest BCUT2D eigenvalue weighted by atomic mass is 32.2. The first kappa shape index (κ1) is 16.6. The first-order valence-corrected chi connectivity index (χ1v) is 9.02. The number of aromatic amines is 1. The number of hydrogen-bond acceptors (Lipinski definition) is 6. The van der Waals surface area contributed by atoms with Gasteiger partial charge < -0.3 is 9.88 Å². The summed E-state index contributed by atoms with van der Waals surface area (Å²) in [5, 5.41) is 0.645. The van der Waals surface area contributed by atoms with E-state index in [2.05, 4.69) is 19.9 Å². The van der Waals surface area contributed by atoms with Crippen LogP contribution in [0.15, 0.2) is 28.4 Å². The van der Waals surface area contributed by atoms with Crippen molar-refractivity contribution in [3.8, 4) is 0 Å². The van der Waals surface area contributed by atoms with E-state index in [1.54, 1.807) is 24.2 Å². The first-order valence-electron chi connectivity index (χ1n) is 7.80. The molecule has 0 bridgehead atoms. The Kier molecular flexibility index (Phi) is 4.94. The molecule has 0 radical (unpaired) electrons. The van der Waals surface area contributed by atoms with Gasteiger partial charge in [-0.1, -0.05) is 11.8 Å². The van der Waals surface area contributed by atoms with Gasteiger partial charge in [0.15, 0.2) is 5.16 Å². The normalized spacial score (nSPS) is 17.8. The van der Waals surface area contributed by atoms with E-state index in [0.29, 0.717) is 29.6 Å². The van der Waals surface area contributed by atoms with Crippen molar-refractivity contribution < 1.29 is 4.79 Å². The molecule has 1 aliphatic rings. The summed E-state index contributed by atoms with van der Waals surface area (Å²) >= 11 is 1.44. The minimum absolute atomic E-state index is 0.0751. The van der Waals surface area contributed by atoms with Crippen molar-refractivity contribution in [2.24, 2.45) is 0 Å². The molecule has 0 aromatic carbocycles. The SMILES string of the molecule is CSc1ncc(C(=O)N2CCC[C@H](c3cc(=O)[nH]c(C)n3)C2)cn1. The smallest absolute Gasteiger partial charge is 0.257 e. The number of nitrogens with zero attached hydrogens (tertiary/aromatic N) is 4. The molecule has 1 saturated heterocycles. The molecule has 1 N–H and O–H groups in total. The molecule has 1 aliphatic heterocycles. The lowest BCUT2D eigenvalue weighted by Crippen LogP contribution is -2.39. The molecular formula is C16H19N5O2S. The summed E-state index contributed by atoms with van der Waals surface area (Å²) in [4.78, 5) is 41.5. The molecule has 2 aromatic rings. The molecule has 1 atom stereocenters. The number of rotatable bonds is 3. The third kappa shape index (κ3) is 3.64. The molecule has 0 saturated carbocycles. The number of carbonyl (C=O) groups excluding carboxylic acids is 1. The molecule has 2 aromatic heterocycles. The lowest BCUT2D eigenvalue weighted by atomic mass is 9.94. The minimum atomic E-state index is -0.151. The van der Waals surface area contributed by atoms with Crippen molar-refractivity contribution in [2.45, 2.75) is 30.8 Å². The van der Waals surface area contributed by atoms with Gasteiger partial charge in [-0.2, -0.15) is 0 Å². The lowest BCUT2D eigenvalue weighted by Gasteiger charge is -2.32. The van der Waals surface area contributed by atoms with Crippen LogP contribution >= 0.6 is 11.8 Å². The summed E-state index contributed by atoms with van der Waals surface area (Å²) < 4.78 is 0. The third-order valence-electron chi connectivity index (χ3n) is 4.06. The number of aromatic nitrogens is 4. The second-order valence-electron chi connectivity index (χ2n) is 5.80. The van der Waals surface area contributed by atoms with E-state index < -0.39 is 0 Å². The Labute approximate surface area is 143 Å². The second kappa shape index (κ2) is 7.12. The maximum absolute atomic E-state index is 12.7. The fraction of sp³-hybridized carbons (Fsp3) is 0.438. The van der Waals surface area contributed by atoms with Crippen molar-refractivity contribution in [1.82, 2.24) is 24.8 Å². The van der Waals surface area contributed by atoms with Crippen molar-refractivity contribution >= 4 is 17.7 Å². The molecule has 24 heavy (non-hydrogen) atoms. The van der Waals surface area contributed by atoms with Gasteiger partial charge in [-0.3, -0.25) is 9.59 Å². The molecule has 0 spiro atoms. The number of piperidine rings is 1. The van der Waals surface area contributed by atoms with E-state index in [4.69, 9.17) is 0 Å². The molecule has 7 nitrogen and oxygen atoms in total. The summed E-state index contributed by atoms with van der Waals surface area (Å²) in [6, 6.07) is 1.53. The van der Waals surface area contributed by atoms with E-state index in [9.17, 15) is 9.59 Å². The Hall–Kier alpha value is -2.22. The average Bonchev–Trinajstić information content (AvgIpc) is 2.60.